The molecule has 3 heteroatoms. The van der Waals surface area contributed by atoms with Crippen LogP contribution in [0.4, 0.5) is 0 Å². The maximum atomic E-state index is 13.6. The van der Waals surface area contributed by atoms with E-state index in [1.165, 1.54) is 34.8 Å². The maximum absolute atomic E-state index is 13.6. The Morgan fingerprint density at radius 3 is 2.34 bits per heavy atom. The predicted octanol–water partition coefficient (Wildman–Crippen LogP) is 7.98. The van der Waals surface area contributed by atoms with Gasteiger partial charge in [-0.25, -0.2) is 0 Å². The van der Waals surface area contributed by atoms with Gasteiger partial charge in [-0.1, -0.05) is 64.3 Å². The van der Waals surface area contributed by atoms with Crippen LogP contribution in [0, 0.1) is 24.7 Å². The van der Waals surface area contributed by atoms with E-state index in [2.05, 4.69) is 59.8 Å². The second kappa shape index (κ2) is 11.6. The summed E-state index contributed by atoms with van der Waals surface area (Å²) < 4.78 is 0. The molecule has 0 saturated carbocycles. The molecule has 0 aliphatic heterocycles. The smallest absolute Gasteiger partial charge is 0.163 e. The first-order valence-corrected chi connectivity index (χ1v) is 13.7. The minimum Gasteiger partial charge on any atom is -0.300 e. The molecule has 0 radical (unpaired) electrons. The Morgan fingerprint density at radius 2 is 1.80 bits per heavy atom. The lowest BCUT2D eigenvalue weighted by Crippen LogP contribution is -2.30. The van der Waals surface area contributed by atoms with Crippen LogP contribution < -0.4 is 0 Å². The van der Waals surface area contributed by atoms with E-state index in [1.54, 1.807) is 0 Å². The van der Waals surface area contributed by atoms with Crippen molar-refractivity contribution in [3.63, 3.8) is 0 Å². The third-order valence-corrected chi connectivity index (χ3v) is 8.12. The van der Waals surface area contributed by atoms with Crippen LogP contribution >= 0.6 is 0 Å². The van der Waals surface area contributed by atoms with Gasteiger partial charge >= 0.3 is 0 Å². The van der Waals surface area contributed by atoms with E-state index in [9.17, 15) is 14.4 Å². The van der Waals surface area contributed by atoms with Crippen molar-refractivity contribution in [3.8, 4) is 0 Å². The van der Waals surface area contributed by atoms with E-state index >= 15 is 0 Å². The molecule has 2 aliphatic rings. The molecule has 35 heavy (non-hydrogen) atoms. The summed E-state index contributed by atoms with van der Waals surface area (Å²) in [5.74, 6) is 1.03. The number of carbonyl (C=O) groups is 3. The van der Waals surface area contributed by atoms with Crippen LogP contribution in [-0.2, 0) is 16.0 Å². The molecule has 0 heterocycles. The zero-order valence-electron chi connectivity index (χ0n) is 22.9. The van der Waals surface area contributed by atoms with Crippen molar-refractivity contribution >= 4 is 22.9 Å². The average molecular weight is 477 g/mol. The lowest BCUT2D eigenvalue weighted by Gasteiger charge is -2.33. The van der Waals surface area contributed by atoms with Crippen molar-refractivity contribution in [3.05, 3.63) is 51.6 Å². The molecule has 0 bridgehead atoms. The van der Waals surface area contributed by atoms with E-state index in [0.717, 1.165) is 49.7 Å². The molecule has 1 aromatic carbocycles. The van der Waals surface area contributed by atoms with Gasteiger partial charge < -0.3 is 0 Å². The van der Waals surface area contributed by atoms with Crippen molar-refractivity contribution in [2.24, 2.45) is 17.8 Å². The Kier molecular flexibility index (Phi) is 9.07. The van der Waals surface area contributed by atoms with Gasteiger partial charge in [0, 0.05) is 17.9 Å². The zero-order valence-corrected chi connectivity index (χ0v) is 22.9. The minimum atomic E-state index is -0.0888. The summed E-state index contributed by atoms with van der Waals surface area (Å²) in [7, 11) is 0. The molecule has 190 valence electrons. The standard InChI is InChI=1S/C32H44O3/c1-8-10-24(26(9-2)30(34)14-21(6)33)15-23-16-29-27(19(3)4)18-28(25-12-11-20(5)13-25)22(7)32(29)31(35)17-23/h11-12,18-19,23-24,26H,8-10,13-17H2,1-7H3. The SMILES string of the molecule is CCCC(CC1CC(=O)c2c(C)c(C3=CC=C(C)C3)cc(C(C)C)c2C1)C(CC)C(=O)CC(C)=O. The topological polar surface area (TPSA) is 51.2 Å². The van der Waals surface area contributed by atoms with Crippen LogP contribution in [0.15, 0.2) is 23.8 Å². The fraction of sp³-hybridized carbons (Fsp3) is 0.594. The zero-order chi connectivity index (χ0) is 25.9. The van der Waals surface area contributed by atoms with Crippen molar-refractivity contribution < 1.29 is 14.4 Å². The van der Waals surface area contributed by atoms with Gasteiger partial charge in [0.2, 0.25) is 0 Å². The highest BCUT2D eigenvalue weighted by molar-refractivity contribution is 6.02. The van der Waals surface area contributed by atoms with Crippen LogP contribution in [0.5, 0.6) is 0 Å². The van der Waals surface area contributed by atoms with Crippen LogP contribution in [0.25, 0.3) is 5.57 Å². The minimum absolute atomic E-state index is 0.0365. The summed E-state index contributed by atoms with van der Waals surface area (Å²) in [5.41, 5.74) is 8.55. The highest BCUT2D eigenvalue weighted by Crippen LogP contribution is 2.42. The van der Waals surface area contributed by atoms with Gasteiger partial charge in [0.25, 0.3) is 0 Å². The monoisotopic (exact) mass is 476 g/mol. The highest BCUT2D eigenvalue weighted by Gasteiger charge is 2.35. The largest absolute Gasteiger partial charge is 0.300 e. The number of hydrogen-bond donors (Lipinski definition) is 0. The Bertz CT molecular complexity index is 1050. The normalized spacial score (nSPS) is 19.3. The highest BCUT2D eigenvalue weighted by atomic mass is 16.1. The number of rotatable bonds is 11. The summed E-state index contributed by atoms with van der Waals surface area (Å²) >= 11 is 0. The summed E-state index contributed by atoms with van der Waals surface area (Å²) in [6.07, 6.45) is 10.5. The first-order valence-electron chi connectivity index (χ1n) is 13.7. The molecule has 0 aromatic heterocycles. The van der Waals surface area contributed by atoms with E-state index in [-0.39, 0.29) is 41.5 Å². The molecule has 3 unspecified atom stereocenters. The van der Waals surface area contributed by atoms with Crippen LogP contribution in [0.1, 0.15) is 125 Å². The van der Waals surface area contributed by atoms with Crippen molar-refractivity contribution in [2.45, 2.75) is 106 Å². The molecule has 0 N–H and O–H groups in total. The summed E-state index contributed by atoms with van der Waals surface area (Å²) in [6, 6.07) is 2.35. The molecule has 3 rings (SSSR count). The molecule has 3 nitrogen and oxygen atoms in total. The van der Waals surface area contributed by atoms with Crippen molar-refractivity contribution in [1.82, 2.24) is 0 Å². The Hall–Kier alpha value is -2.29. The molecule has 0 saturated heterocycles. The van der Waals surface area contributed by atoms with Gasteiger partial charge in [-0.3, -0.25) is 14.4 Å². The lowest BCUT2D eigenvalue weighted by molar-refractivity contribution is -0.129. The summed E-state index contributed by atoms with van der Waals surface area (Å²) in [6.45, 7) is 14.5. The maximum Gasteiger partial charge on any atom is 0.163 e. The first-order chi connectivity index (χ1) is 16.6. The number of hydrogen-bond acceptors (Lipinski definition) is 3. The number of allylic oxidation sites excluding steroid dienone is 4. The molecule has 2 aliphatic carbocycles. The van der Waals surface area contributed by atoms with E-state index < -0.39 is 0 Å². The van der Waals surface area contributed by atoms with Crippen molar-refractivity contribution in [1.29, 1.82) is 0 Å². The van der Waals surface area contributed by atoms with Gasteiger partial charge in [-0.2, -0.15) is 0 Å². The Morgan fingerprint density at radius 1 is 1.09 bits per heavy atom. The third-order valence-electron chi connectivity index (χ3n) is 8.12. The third kappa shape index (κ3) is 6.11. The van der Waals surface area contributed by atoms with Gasteiger partial charge in [0.15, 0.2) is 5.78 Å². The molecular formula is C32H44O3. The molecule has 0 spiro atoms. The van der Waals surface area contributed by atoms with Crippen LogP contribution in [0.2, 0.25) is 0 Å². The number of ketones is 3. The molecule has 0 fully saturated rings. The van der Waals surface area contributed by atoms with Gasteiger partial charge in [-0.05, 0) is 92.0 Å². The number of carbonyl (C=O) groups excluding carboxylic acids is 3. The Labute approximate surface area is 212 Å². The van der Waals surface area contributed by atoms with Gasteiger partial charge in [0.1, 0.15) is 11.6 Å². The van der Waals surface area contributed by atoms with Crippen molar-refractivity contribution in [2.75, 3.05) is 0 Å². The quantitative estimate of drug-likeness (QED) is 0.304. The fourth-order valence-corrected chi connectivity index (χ4v) is 6.52. The molecule has 3 atom stereocenters. The molecular weight excluding hydrogens is 432 g/mol. The number of fused-ring (bicyclic) bond motifs is 1. The number of Topliss-reactive ketones (excluding diaryl/α,β-unsaturated/α-hetero) is 3. The van der Waals surface area contributed by atoms with Crippen LogP contribution in [0.3, 0.4) is 0 Å². The number of benzene rings is 1. The second-order valence-electron chi connectivity index (χ2n) is 11.4. The predicted molar refractivity (Wildman–Crippen MR) is 145 cm³/mol. The first kappa shape index (κ1) is 27.3. The molecule has 1 aromatic rings. The summed E-state index contributed by atoms with van der Waals surface area (Å²) in [4.78, 5) is 38.1. The van der Waals surface area contributed by atoms with Crippen LogP contribution in [-0.4, -0.2) is 17.3 Å². The van der Waals surface area contributed by atoms with E-state index in [4.69, 9.17) is 0 Å². The summed E-state index contributed by atoms with van der Waals surface area (Å²) in [5, 5.41) is 0. The van der Waals surface area contributed by atoms with E-state index in [0.29, 0.717) is 12.3 Å². The fourth-order valence-electron chi connectivity index (χ4n) is 6.52. The lowest BCUT2D eigenvalue weighted by atomic mass is 9.70. The average Bonchev–Trinajstić information content (AvgIpc) is 3.19. The van der Waals surface area contributed by atoms with Gasteiger partial charge in [-0.15, -0.1) is 0 Å². The Balaban J connectivity index is 1.93. The second-order valence-corrected chi connectivity index (χ2v) is 11.4. The van der Waals surface area contributed by atoms with E-state index in [1.807, 2.05) is 0 Å². The molecule has 0 amide bonds. The van der Waals surface area contributed by atoms with Gasteiger partial charge in [0.05, 0.1) is 6.42 Å².